The topological polar surface area (TPSA) is 112 Å². The average molecular weight is 489 g/mol. The van der Waals surface area contributed by atoms with Gasteiger partial charge in [-0.1, -0.05) is 6.07 Å². The normalized spacial score (nSPS) is 15.0. The Bertz CT molecular complexity index is 1400. The largest absolute Gasteiger partial charge is 0.340 e. The molecule has 4 rings (SSSR count). The molecule has 34 heavy (non-hydrogen) atoms. The molecule has 9 nitrogen and oxygen atoms in total. The summed E-state index contributed by atoms with van der Waals surface area (Å²) < 4.78 is 56.1. The molecular formula is C22H22F2N6O3S. The maximum Gasteiger partial charge on any atom is 0.249 e. The number of benzene rings is 1. The number of hydrogen-bond donors (Lipinski definition) is 0. The fourth-order valence-corrected chi connectivity index (χ4v) is 5.71. The fourth-order valence-electron chi connectivity index (χ4n) is 4.18. The molecule has 0 aliphatic carbocycles. The Kier molecular flexibility index (Phi) is 6.33. The van der Waals surface area contributed by atoms with Crippen molar-refractivity contribution in [2.45, 2.75) is 31.6 Å². The second-order valence-electron chi connectivity index (χ2n) is 8.00. The molecule has 0 atom stereocenters. The van der Waals surface area contributed by atoms with E-state index in [0.717, 1.165) is 33.8 Å². The Labute approximate surface area is 195 Å². The van der Waals surface area contributed by atoms with E-state index in [1.54, 1.807) is 9.42 Å². The quantitative estimate of drug-likeness (QED) is 0.543. The van der Waals surface area contributed by atoms with E-state index in [-0.39, 0.29) is 38.5 Å². The van der Waals surface area contributed by atoms with Crippen molar-refractivity contribution in [3.05, 3.63) is 58.5 Å². The van der Waals surface area contributed by atoms with E-state index in [9.17, 15) is 27.3 Å². The van der Waals surface area contributed by atoms with Gasteiger partial charge in [0.05, 0.1) is 6.20 Å². The minimum atomic E-state index is -4.36. The van der Waals surface area contributed by atoms with Crippen LogP contribution < -0.4 is 0 Å². The molecule has 3 aromatic rings. The number of halogens is 2. The molecule has 1 saturated heterocycles. The number of aryl methyl sites for hydroxylation is 2. The van der Waals surface area contributed by atoms with Gasteiger partial charge in [-0.2, -0.15) is 14.7 Å². The van der Waals surface area contributed by atoms with E-state index in [2.05, 4.69) is 16.2 Å². The van der Waals surface area contributed by atoms with E-state index in [0.29, 0.717) is 23.3 Å². The maximum absolute atomic E-state index is 14.0. The molecule has 0 spiro atoms. The molecule has 2 aromatic heterocycles. The van der Waals surface area contributed by atoms with Gasteiger partial charge in [0, 0.05) is 44.0 Å². The highest BCUT2D eigenvalue weighted by atomic mass is 32.2. The summed E-state index contributed by atoms with van der Waals surface area (Å²) in [5.74, 6) is -2.45. The Hall–Kier alpha value is -3.43. The van der Waals surface area contributed by atoms with Gasteiger partial charge < -0.3 is 4.90 Å². The molecule has 1 fully saturated rings. The van der Waals surface area contributed by atoms with Gasteiger partial charge in [0.25, 0.3) is 0 Å². The van der Waals surface area contributed by atoms with Crippen LogP contribution in [0.4, 0.5) is 8.78 Å². The van der Waals surface area contributed by atoms with E-state index >= 15 is 0 Å². The lowest BCUT2D eigenvalue weighted by Crippen LogP contribution is -2.50. The highest BCUT2D eigenvalue weighted by molar-refractivity contribution is 7.89. The van der Waals surface area contributed by atoms with Crippen molar-refractivity contribution >= 4 is 21.6 Å². The molecule has 12 heteroatoms. The summed E-state index contributed by atoms with van der Waals surface area (Å²) >= 11 is 0. The molecule has 3 heterocycles. The molecule has 1 aliphatic rings. The first kappa shape index (κ1) is 23.7. The van der Waals surface area contributed by atoms with Crippen molar-refractivity contribution in [3.8, 4) is 6.07 Å². The second kappa shape index (κ2) is 9.08. The summed E-state index contributed by atoms with van der Waals surface area (Å²) in [6, 6.07) is 4.95. The summed E-state index contributed by atoms with van der Waals surface area (Å²) in [5.41, 5.74) is 3.19. The van der Waals surface area contributed by atoms with Crippen LogP contribution in [0, 0.1) is 36.8 Å². The lowest BCUT2D eigenvalue weighted by Gasteiger charge is -2.34. The zero-order valence-electron chi connectivity index (χ0n) is 18.6. The van der Waals surface area contributed by atoms with Crippen molar-refractivity contribution in [2.24, 2.45) is 0 Å². The van der Waals surface area contributed by atoms with E-state index in [1.165, 1.54) is 6.20 Å². The van der Waals surface area contributed by atoms with Gasteiger partial charge >= 0.3 is 0 Å². The lowest BCUT2D eigenvalue weighted by molar-refractivity contribution is -0.132. The SMILES string of the molecule is Cc1nc2c(C#N)cnn2c(C)c1CCC(=O)N1CCN(S(=O)(=O)c2c(F)cccc2F)CC1. The minimum Gasteiger partial charge on any atom is -0.340 e. The number of aromatic nitrogens is 3. The molecule has 0 N–H and O–H groups in total. The summed E-state index contributed by atoms with van der Waals surface area (Å²) in [4.78, 5) is 17.8. The summed E-state index contributed by atoms with van der Waals surface area (Å²) in [5, 5.41) is 13.4. The van der Waals surface area contributed by atoms with E-state index in [4.69, 9.17) is 0 Å². The number of nitrogens with zero attached hydrogens (tertiary/aromatic N) is 6. The van der Waals surface area contributed by atoms with Gasteiger partial charge in [0.1, 0.15) is 23.3 Å². The number of sulfonamides is 1. The third kappa shape index (κ3) is 4.12. The fraction of sp³-hybridized carbons (Fsp3) is 0.364. The number of rotatable bonds is 5. The van der Waals surface area contributed by atoms with Crippen LogP contribution in [-0.2, 0) is 21.2 Å². The third-order valence-corrected chi connectivity index (χ3v) is 7.98. The summed E-state index contributed by atoms with van der Waals surface area (Å²) in [7, 11) is -4.36. The first-order valence-corrected chi connectivity index (χ1v) is 12.0. The van der Waals surface area contributed by atoms with Crippen LogP contribution >= 0.6 is 0 Å². The number of carbonyl (C=O) groups excluding carboxylic acids is 1. The van der Waals surface area contributed by atoms with Crippen LogP contribution in [0.1, 0.15) is 28.9 Å². The van der Waals surface area contributed by atoms with E-state index < -0.39 is 26.6 Å². The van der Waals surface area contributed by atoms with Crippen LogP contribution in [0.25, 0.3) is 5.65 Å². The minimum absolute atomic E-state index is 0.0579. The molecule has 1 aromatic carbocycles. The van der Waals surface area contributed by atoms with Crippen molar-refractivity contribution in [2.75, 3.05) is 26.2 Å². The van der Waals surface area contributed by atoms with Gasteiger partial charge in [-0.3, -0.25) is 4.79 Å². The number of nitriles is 1. The number of carbonyl (C=O) groups is 1. The Morgan fingerprint density at radius 2 is 1.79 bits per heavy atom. The van der Waals surface area contributed by atoms with Crippen LogP contribution in [0.5, 0.6) is 0 Å². The van der Waals surface area contributed by atoms with Gasteiger partial charge in [-0.25, -0.2) is 26.7 Å². The highest BCUT2D eigenvalue weighted by Gasteiger charge is 2.34. The zero-order valence-corrected chi connectivity index (χ0v) is 19.4. The van der Waals surface area contributed by atoms with Crippen LogP contribution in [0.15, 0.2) is 29.3 Å². The molecule has 0 bridgehead atoms. The molecule has 1 aliphatic heterocycles. The van der Waals surface area contributed by atoms with Crippen molar-refractivity contribution in [1.82, 2.24) is 23.8 Å². The summed E-state index contributed by atoms with van der Waals surface area (Å²) in [6.07, 6.45) is 2.03. The first-order chi connectivity index (χ1) is 16.1. The highest BCUT2D eigenvalue weighted by Crippen LogP contribution is 2.24. The standard InChI is InChI=1S/C22H22F2N6O3S/c1-14-17(15(2)30-22(27-14)16(12-25)13-26-30)6-7-20(31)28-8-10-29(11-9-28)34(32,33)21-18(23)4-3-5-19(21)24/h3-5,13H,6-11H2,1-2H3. The molecule has 0 saturated carbocycles. The van der Waals surface area contributed by atoms with Gasteiger partial charge in [0.2, 0.25) is 15.9 Å². The lowest BCUT2D eigenvalue weighted by atomic mass is 10.1. The van der Waals surface area contributed by atoms with Gasteiger partial charge in [-0.05, 0) is 38.0 Å². The first-order valence-electron chi connectivity index (χ1n) is 10.6. The predicted octanol–water partition coefficient (Wildman–Crippen LogP) is 1.96. The number of amides is 1. The van der Waals surface area contributed by atoms with Crippen molar-refractivity contribution in [1.29, 1.82) is 5.26 Å². The Balaban J connectivity index is 1.42. The van der Waals surface area contributed by atoms with Crippen LogP contribution in [0.2, 0.25) is 0 Å². The second-order valence-corrected chi connectivity index (χ2v) is 9.88. The Morgan fingerprint density at radius 3 is 2.41 bits per heavy atom. The third-order valence-electron chi connectivity index (χ3n) is 6.03. The zero-order chi connectivity index (χ0) is 24.6. The van der Waals surface area contributed by atoms with Crippen LogP contribution in [0.3, 0.4) is 0 Å². The van der Waals surface area contributed by atoms with Gasteiger partial charge in [0.15, 0.2) is 10.5 Å². The number of fused-ring (bicyclic) bond motifs is 1. The molecule has 0 unspecified atom stereocenters. The molecule has 0 radical (unpaired) electrons. The van der Waals surface area contributed by atoms with Crippen molar-refractivity contribution < 1.29 is 22.0 Å². The monoisotopic (exact) mass is 488 g/mol. The Morgan fingerprint density at radius 1 is 1.15 bits per heavy atom. The number of hydrogen-bond acceptors (Lipinski definition) is 6. The molecule has 1 amide bonds. The average Bonchev–Trinajstić information content (AvgIpc) is 3.21. The van der Waals surface area contributed by atoms with Crippen molar-refractivity contribution in [3.63, 3.8) is 0 Å². The van der Waals surface area contributed by atoms with E-state index in [1.807, 2.05) is 13.8 Å². The molecule has 178 valence electrons. The molecular weight excluding hydrogens is 466 g/mol. The summed E-state index contributed by atoms with van der Waals surface area (Å²) in [6.45, 7) is 3.78. The smallest absolute Gasteiger partial charge is 0.249 e. The predicted molar refractivity (Wildman–Crippen MR) is 117 cm³/mol. The van der Waals surface area contributed by atoms with Crippen LogP contribution in [-0.4, -0.2) is 64.3 Å². The van der Waals surface area contributed by atoms with Gasteiger partial charge in [-0.15, -0.1) is 0 Å². The maximum atomic E-state index is 14.0. The number of piperazine rings is 1.